The highest BCUT2D eigenvalue weighted by Gasteiger charge is 2.23. The molecule has 1 aliphatic rings. The van der Waals surface area contributed by atoms with Crippen LogP contribution in [0.5, 0.6) is 0 Å². The van der Waals surface area contributed by atoms with E-state index in [4.69, 9.17) is 14.1 Å². The Morgan fingerprint density at radius 1 is 1.21 bits per heavy atom. The highest BCUT2D eigenvalue weighted by molar-refractivity contribution is 7.99. The minimum atomic E-state index is -0.247. The number of furan rings is 1. The molecule has 2 aromatic carbocycles. The number of rotatable bonds is 6. The van der Waals surface area contributed by atoms with E-state index < -0.39 is 0 Å². The molecule has 7 nitrogen and oxygen atoms in total. The van der Waals surface area contributed by atoms with Crippen LogP contribution in [0.2, 0.25) is 0 Å². The number of benzene rings is 2. The van der Waals surface area contributed by atoms with E-state index in [-0.39, 0.29) is 28.9 Å². The lowest BCUT2D eigenvalue weighted by molar-refractivity contribution is -0.113. The van der Waals surface area contributed by atoms with Gasteiger partial charge in [0.2, 0.25) is 11.5 Å². The van der Waals surface area contributed by atoms with Gasteiger partial charge in [0.25, 0.3) is 5.56 Å². The van der Waals surface area contributed by atoms with E-state index >= 15 is 0 Å². The minimum Gasteiger partial charge on any atom is -0.448 e. The maximum absolute atomic E-state index is 13.4. The summed E-state index contributed by atoms with van der Waals surface area (Å²) in [6.07, 6.45) is 1.82. The fourth-order valence-electron chi connectivity index (χ4n) is 4.06. The van der Waals surface area contributed by atoms with E-state index in [1.165, 1.54) is 17.3 Å². The summed E-state index contributed by atoms with van der Waals surface area (Å²) in [5, 5.41) is 4.21. The fraction of sp³-hybridized carbons (Fsp3) is 0.320. The van der Waals surface area contributed by atoms with Crippen LogP contribution in [-0.4, -0.2) is 33.9 Å². The zero-order valence-electron chi connectivity index (χ0n) is 18.6. The largest absolute Gasteiger partial charge is 0.448 e. The Kier molecular flexibility index (Phi) is 5.95. The Morgan fingerprint density at radius 2 is 2.06 bits per heavy atom. The summed E-state index contributed by atoms with van der Waals surface area (Å²) in [4.78, 5) is 30.8. The van der Waals surface area contributed by atoms with Gasteiger partial charge >= 0.3 is 0 Å². The number of nitrogens with zero attached hydrogens (tertiary/aromatic N) is 2. The van der Waals surface area contributed by atoms with Crippen molar-refractivity contribution in [2.24, 2.45) is 0 Å². The summed E-state index contributed by atoms with van der Waals surface area (Å²) < 4.78 is 13.2. The van der Waals surface area contributed by atoms with Crippen molar-refractivity contribution in [1.29, 1.82) is 0 Å². The fourth-order valence-corrected chi connectivity index (χ4v) is 4.86. The molecule has 0 spiro atoms. The van der Waals surface area contributed by atoms with E-state index in [9.17, 15) is 9.59 Å². The van der Waals surface area contributed by atoms with Crippen molar-refractivity contribution in [3.63, 3.8) is 0 Å². The molecule has 1 amide bonds. The van der Waals surface area contributed by atoms with E-state index in [2.05, 4.69) is 5.32 Å². The SMILES string of the molecule is Cc1ccc(NC(=O)CSc2nc3c(oc4ccccc43)c(=O)n2C[C@@H]2CCCO2)cc1C. The van der Waals surface area contributed by atoms with Crippen LogP contribution in [-0.2, 0) is 16.1 Å². The molecule has 0 aliphatic carbocycles. The van der Waals surface area contributed by atoms with Gasteiger partial charge in [0, 0.05) is 17.7 Å². The van der Waals surface area contributed by atoms with Gasteiger partial charge in [0.1, 0.15) is 11.1 Å². The van der Waals surface area contributed by atoms with Crippen LogP contribution in [0, 0.1) is 13.8 Å². The highest BCUT2D eigenvalue weighted by atomic mass is 32.2. The Morgan fingerprint density at radius 3 is 2.85 bits per heavy atom. The normalized spacial score (nSPS) is 16.0. The van der Waals surface area contributed by atoms with Crippen molar-refractivity contribution in [3.8, 4) is 0 Å². The third-order valence-corrected chi connectivity index (χ3v) is 6.96. The molecule has 33 heavy (non-hydrogen) atoms. The van der Waals surface area contributed by atoms with Crippen molar-refractivity contribution in [2.45, 2.75) is 44.5 Å². The Hall–Kier alpha value is -3.10. The molecule has 1 aliphatic heterocycles. The second kappa shape index (κ2) is 9.03. The van der Waals surface area contributed by atoms with E-state index in [1.54, 1.807) is 4.57 Å². The van der Waals surface area contributed by atoms with Gasteiger partial charge in [-0.05, 0) is 62.1 Å². The molecule has 0 bridgehead atoms. The molecular formula is C25H25N3O4S. The van der Waals surface area contributed by atoms with Crippen LogP contribution in [0.15, 0.2) is 56.8 Å². The Labute approximate surface area is 195 Å². The van der Waals surface area contributed by atoms with Crippen LogP contribution in [0.25, 0.3) is 22.1 Å². The van der Waals surface area contributed by atoms with Crippen LogP contribution in [0.3, 0.4) is 0 Å². The highest BCUT2D eigenvalue weighted by Crippen LogP contribution is 2.28. The second-order valence-electron chi connectivity index (χ2n) is 8.36. The molecule has 1 N–H and O–H groups in total. The molecule has 3 heterocycles. The molecular weight excluding hydrogens is 438 g/mol. The van der Waals surface area contributed by atoms with E-state index in [0.717, 1.165) is 29.5 Å². The molecule has 5 rings (SSSR count). The number of nitrogens with one attached hydrogen (secondary N) is 1. The van der Waals surface area contributed by atoms with Crippen LogP contribution < -0.4 is 10.9 Å². The second-order valence-corrected chi connectivity index (χ2v) is 9.30. The van der Waals surface area contributed by atoms with Crippen molar-refractivity contribution in [1.82, 2.24) is 9.55 Å². The monoisotopic (exact) mass is 463 g/mol. The number of anilines is 1. The predicted molar refractivity (Wildman–Crippen MR) is 130 cm³/mol. The van der Waals surface area contributed by atoms with Gasteiger partial charge in [-0.3, -0.25) is 14.2 Å². The number of carbonyl (C=O) groups excluding carboxylic acids is 1. The van der Waals surface area contributed by atoms with Gasteiger partial charge in [-0.1, -0.05) is 30.0 Å². The number of thioether (sulfide) groups is 1. The number of ether oxygens (including phenoxy) is 1. The van der Waals surface area contributed by atoms with Crippen LogP contribution in [0.1, 0.15) is 24.0 Å². The van der Waals surface area contributed by atoms with Gasteiger partial charge in [-0.15, -0.1) is 0 Å². The lowest BCUT2D eigenvalue weighted by Crippen LogP contribution is -2.29. The number of hydrogen-bond acceptors (Lipinski definition) is 6. The topological polar surface area (TPSA) is 86.4 Å². The Balaban J connectivity index is 1.45. The molecule has 2 aromatic heterocycles. The molecule has 4 aromatic rings. The van der Waals surface area contributed by atoms with Crippen molar-refractivity contribution < 1.29 is 13.9 Å². The number of aryl methyl sites for hydroxylation is 2. The number of hydrogen-bond donors (Lipinski definition) is 1. The number of carbonyl (C=O) groups is 1. The maximum Gasteiger partial charge on any atom is 0.297 e. The standard InChI is InChI=1S/C25H25N3O4S/c1-15-9-10-17(12-16(15)2)26-21(29)14-33-25-27-22-19-7-3-4-8-20(19)32-23(22)24(30)28(25)13-18-6-5-11-31-18/h3-4,7-10,12,18H,5-6,11,13-14H2,1-2H3,(H,26,29)/t18-/m0/s1. The first kappa shape index (κ1) is 21.7. The summed E-state index contributed by atoms with van der Waals surface area (Å²) in [5.41, 5.74) is 4.17. The van der Waals surface area contributed by atoms with Crippen molar-refractivity contribution >= 4 is 45.4 Å². The summed E-state index contributed by atoms with van der Waals surface area (Å²) in [6, 6.07) is 13.3. The zero-order valence-corrected chi connectivity index (χ0v) is 19.4. The molecule has 170 valence electrons. The smallest absolute Gasteiger partial charge is 0.297 e. The van der Waals surface area contributed by atoms with Crippen molar-refractivity contribution in [3.05, 3.63) is 63.9 Å². The number of para-hydroxylation sites is 1. The number of fused-ring (bicyclic) bond motifs is 3. The first-order valence-electron chi connectivity index (χ1n) is 11.0. The molecule has 0 radical (unpaired) electrons. The lowest BCUT2D eigenvalue weighted by Gasteiger charge is -2.15. The average Bonchev–Trinajstić information content (AvgIpc) is 3.45. The molecule has 0 saturated carbocycles. The van der Waals surface area contributed by atoms with Crippen molar-refractivity contribution in [2.75, 3.05) is 17.7 Å². The molecule has 1 fully saturated rings. The van der Waals surface area contributed by atoms with E-state index in [1.807, 2.05) is 56.3 Å². The average molecular weight is 464 g/mol. The van der Waals surface area contributed by atoms with Gasteiger partial charge in [-0.25, -0.2) is 4.98 Å². The molecule has 1 saturated heterocycles. The maximum atomic E-state index is 13.4. The summed E-state index contributed by atoms with van der Waals surface area (Å²) >= 11 is 1.25. The quantitative estimate of drug-likeness (QED) is 0.330. The van der Waals surface area contributed by atoms with Crippen LogP contribution in [0.4, 0.5) is 5.69 Å². The van der Waals surface area contributed by atoms with Crippen LogP contribution >= 0.6 is 11.8 Å². The molecule has 0 unspecified atom stereocenters. The van der Waals surface area contributed by atoms with Gasteiger partial charge in [-0.2, -0.15) is 0 Å². The summed E-state index contributed by atoms with van der Waals surface area (Å²) in [5.74, 6) is -0.0232. The summed E-state index contributed by atoms with van der Waals surface area (Å²) in [7, 11) is 0. The predicted octanol–water partition coefficient (Wildman–Crippen LogP) is 4.67. The first-order valence-corrected chi connectivity index (χ1v) is 12.0. The first-order chi connectivity index (χ1) is 16.0. The van der Waals surface area contributed by atoms with E-state index in [0.29, 0.717) is 29.4 Å². The van der Waals surface area contributed by atoms with Gasteiger partial charge in [0.05, 0.1) is 18.4 Å². The number of aromatic nitrogens is 2. The third kappa shape index (κ3) is 4.41. The summed E-state index contributed by atoms with van der Waals surface area (Å²) in [6.45, 7) is 5.13. The Bertz CT molecular complexity index is 1400. The number of amides is 1. The van der Waals surface area contributed by atoms with Gasteiger partial charge < -0.3 is 14.5 Å². The third-order valence-electron chi connectivity index (χ3n) is 5.98. The lowest BCUT2D eigenvalue weighted by atomic mass is 10.1. The zero-order chi connectivity index (χ0) is 22.9. The van der Waals surface area contributed by atoms with Gasteiger partial charge in [0.15, 0.2) is 5.16 Å². The molecule has 1 atom stereocenters. The minimum absolute atomic E-state index is 0.0463. The molecule has 8 heteroatoms.